The molecule has 1 aromatic heterocycles. The molecule has 2 rings (SSSR count). The second-order valence-electron chi connectivity index (χ2n) is 3.47. The number of nitrogen functional groups attached to an aromatic ring is 1. The van der Waals surface area contributed by atoms with Crippen molar-refractivity contribution >= 4 is 17.6 Å². The summed E-state index contributed by atoms with van der Waals surface area (Å²) in [4.78, 5) is 11.6. The molecule has 0 aliphatic heterocycles. The maximum Gasteiger partial charge on any atom is 0.322 e. The van der Waals surface area contributed by atoms with Crippen molar-refractivity contribution in [1.29, 1.82) is 0 Å². The molecule has 19 heavy (non-hydrogen) atoms. The molecule has 0 saturated heterocycles. The maximum absolute atomic E-state index is 13.1. The molecule has 0 unspecified atom stereocenters. The third-order valence-electron chi connectivity index (χ3n) is 2.22. The van der Waals surface area contributed by atoms with Crippen molar-refractivity contribution in [2.45, 2.75) is 0 Å². The summed E-state index contributed by atoms with van der Waals surface area (Å²) in [5.74, 6) is 0.0952. The van der Waals surface area contributed by atoms with Gasteiger partial charge in [0.25, 0.3) is 0 Å². The van der Waals surface area contributed by atoms with Gasteiger partial charge in [-0.25, -0.2) is 4.39 Å². The van der Waals surface area contributed by atoms with Crippen LogP contribution in [0, 0.1) is 5.82 Å². The van der Waals surface area contributed by atoms with Crippen molar-refractivity contribution in [3.8, 4) is 11.8 Å². The Labute approximate surface area is 108 Å². The Balaban J connectivity index is 2.33. The Kier molecular flexibility index (Phi) is 3.60. The zero-order chi connectivity index (χ0) is 13.8. The number of hydrogen-bond donors (Lipinski definition) is 2. The molecule has 0 aliphatic rings. The number of rotatable bonds is 4. The van der Waals surface area contributed by atoms with Gasteiger partial charge in [0.1, 0.15) is 11.6 Å². The molecule has 1 heterocycles. The number of aromatic nitrogens is 3. The molecule has 0 bridgehead atoms. The summed E-state index contributed by atoms with van der Waals surface area (Å²) in [5.41, 5.74) is 6.01. The van der Waals surface area contributed by atoms with Crippen LogP contribution in [0.1, 0.15) is 0 Å². The van der Waals surface area contributed by atoms with Gasteiger partial charge in [-0.2, -0.15) is 15.0 Å². The van der Waals surface area contributed by atoms with E-state index in [0.29, 0.717) is 11.4 Å². The van der Waals surface area contributed by atoms with Crippen LogP contribution in [0.4, 0.5) is 22.0 Å². The lowest BCUT2D eigenvalue weighted by Crippen LogP contribution is -2.05. The highest BCUT2D eigenvalue weighted by molar-refractivity contribution is 5.62. The van der Waals surface area contributed by atoms with Gasteiger partial charge in [-0.15, -0.1) is 0 Å². The molecule has 0 fully saturated rings. The first kappa shape index (κ1) is 12.8. The smallest absolute Gasteiger partial charge is 0.322 e. The van der Waals surface area contributed by atoms with Crippen molar-refractivity contribution in [1.82, 2.24) is 15.0 Å². The summed E-state index contributed by atoms with van der Waals surface area (Å²) < 4.78 is 23.0. The maximum atomic E-state index is 13.1. The molecule has 0 amide bonds. The first-order valence-corrected chi connectivity index (χ1v) is 5.28. The Bertz CT molecular complexity index is 593. The number of benzene rings is 1. The summed E-state index contributed by atoms with van der Waals surface area (Å²) in [6.07, 6.45) is 0. The van der Waals surface area contributed by atoms with Crippen LogP contribution in [0.3, 0.4) is 0 Å². The highest BCUT2D eigenvalue weighted by Gasteiger charge is 2.09. The fourth-order valence-corrected chi connectivity index (χ4v) is 1.41. The molecule has 0 aliphatic carbocycles. The number of nitrogens with two attached hydrogens (primary N) is 1. The van der Waals surface area contributed by atoms with Crippen LogP contribution < -0.4 is 20.5 Å². The van der Waals surface area contributed by atoms with Gasteiger partial charge in [0.05, 0.1) is 19.9 Å². The number of nitrogens with one attached hydrogen (secondary N) is 1. The molecular formula is C11H12FN5O2. The van der Waals surface area contributed by atoms with Crippen LogP contribution in [0.5, 0.6) is 11.8 Å². The Hall–Kier alpha value is -2.64. The van der Waals surface area contributed by atoms with E-state index in [-0.39, 0.29) is 17.9 Å². The molecule has 1 aromatic carbocycles. The molecule has 0 radical (unpaired) electrons. The van der Waals surface area contributed by atoms with Crippen LogP contribution in [0.15, 0.2) is 18.2 Å². The minimum atomic E-state index is -0.407. The third-order valence-corrected chi connectivity index (χ3v) is 2.22. The standard InChI is InChI=1S/C11H12FN5O2/c1-18-8-5-6(12)3-4-7(8)14-10-15-9(13)16-11(17-10)19-2/h3-5H,1-2H3,(H3,13,14,15,16,17). The van der Waals surface area contributed by atoms with Crippen molar-refractivity contribution in [2.24, 2.45) is 0 Å². The number of nitrogens with zero attached hydrogens (tertiary/aromatic N) is 3. The summed E-state index contributed by atoms with van der Waals surface area (Å²) >= 11 is 0. The Morgan fingerprint density at radius 2 is 1.95 bits per heavy atom. The molecule has 100 valence electrons. The quantitative estimate of drug-likeness (QED) is 0.861. The van der Waals surface area contributed by atoms with Gasteiger partial charge in [0, 0.05) is 6.07 Å². The van der Waals surface area contributed by atoms with Gasteiger partial charge >= 0.3 is 6.01 Å². The lowest BCUT2D eigenvalue weighted by atomic mass is 10.3. The van der Waals surface area contributed by atoms with Gasteiger partial charge in [-0.05, 0) is 12.1 Å². The third kappa shape index (κ3) is 2.97. The van der Waals surface area contributed by atoms with Crippen molar-refractivity contribution in [3.63, 3.8) is 0 Å². The van der Waals surface area contributed by atoms with Crippen LogP contribution in [0.2, 0.25) is 0 Å². The molecule has 0 spiro atoms. The zero-order valence-electron chi connectivity index (χ0n) is 10.3. The largest absolute Gasteiger partial charge is 0.494 e. The number of methoxy groups -OCH3 is 2. The minimum Gasteiger partial charge on any atom is -0.494 e. The van der Waals surface area contributed by atoms with Gasteiger partial charge in [-0.1, -0.05) is 0 Å². The van der Waals surface area contributed by atoms with Gasteiger partial charge < -0.3 is 20.5 Å². The van der Waals surface area contributed by atoms with Crippen LogP contribution in [-0.2, 0) is 0 Å². The molecular weight excluding hydrogens is 253 g/mol. The SMILES string of the molecule is COc1nc(N)nc(Nc2ccc(F)cc2OC)n1. The number of ether oxygens (including phenoxy) is 2. The van der Waals surface area contributed by atoms with Crippen molar-refractivity contribution in [3.05, 3.63) is 24.0 Å². The lowest BCUT2D eigenvalue weighted by molar-refractivity contribution is 0.380. The Morgan fingerprint density at radius 3 is 2.63 bits per heavy atom. The van der Waals surface area contributed by atoms with E-state index in [4.69, 9.17) is 15.2 Å². The molecule has 8 heteroatoms. The van der Waals surface area contributed by atoms with E-state index in [1.165, 1.54) is 32.4 Å². The van der Waals surface area contributed by atoms with Crippen LogP contribution in [-0.4, -0.2) is 29.2 Å². The van der Waals surface area contributed by atoms with E-state index < -0.39 is 5.82 Å². The van der Waals surface area contributed by atoms with Gasteiger partial charge in [-0.3, -0.25) is 0 Å². The highest BCUT2D eigenvalue weighted by Crippen LogP contribution is 2.27. The summed E-state index contributed by atoms with van der Waals surface area (Å²) in [6, 6.07) is 4.10. The van der Waals surface area contributed by atoms with Gasteiger partial charge in [0.15, 0.2) is 0 Å². The zero-order valence-corrected chi connectivity index (χ0v) is 10.3. The predicted octanol–water partition coefficient (Wildman–Crippen LogP) is 1.35. The minimum absolute atomic E-state index is 0.00966. The Morgan fingerprint density at radius 1 is 1.16 bits per heavy atom. The highest BCUT2D eigenvalue weighted by atomic mass is 19.1. The predicted molar refractivity (Wildman–Crippen MR) is 67.0 cm³/mol. The van der Waals surface area contributed by atoms with Crippen LogP contribution in [0.25, 0.3) is 0 Å². The molecule has 2 aromatic rings. The second kappa shape index (κ2) is 5.34. The average Bonchev–Trinajstić information content (AvgIpc) is 2.40. The molecule has 3 N–H and O–H groups in total. The normalized spacial score (nSPS) is 10.1. The summed E-state index contributed by atoms with van der Waals surface area (Å²) in [5, 5.41) is 2.85. The van der Waals surface area contributed by atoms with E-state index in [1.54, 1.807) is 0 Å². The average molecular weight is 265 g/mol. The van der Waals surface area contributed by atoms with E-state index in [1.807, 2.05) is 0 Å². The first-order valence-electron chi connectivity index (χ1n) is 5.28. The van der Waals surface area contributed by atoms with E-state index in [9.17, 15) is 4.39 Å². The molecule has 0 saturated carbocycles. The molecule has 7 nitrogen and oxygen atoms in total. The summed E-state index contributed by atoms with van der Waals surface area (Å²) in [6.45, 7) is 0. The number of hydrogen-bond acceptors (Lipinski definition) is 7. The first-order chi connectivity index (χ1) is 9.12. The number of anilines is 3. The fraction of sp³-hybridized carbons (Fsp3) is 0.182. The van der Waals surface area contributed by atoms with Crippen molar-refractivity contribution < 1.29 is 13.9 Å². The monoisotopic (exact) mass is 265 g/mol. The van der Waals surface area contributed by atoms with Gasteiger partial charge in [0.2, 0.25) is 11.9 Å². The molecule has 0 atom stereocenters. The van der Waals surface area contributed by atoms with Crippen LogP contribution >= 0.6 is 0 Å². The lowest BCUT2D eigenvalue weighted by Gasteiger charge is -2.10. The second-order valence-corrected chi connectivity index (χ2v) is 3.47. The number of halogens is 1. The summed E-state index contributed by atoms with van der Waals surface area (Å²) in [7, 11) is 2.85. The van der Waals surface area contributed by atoms with E-state index in [0.717, 1.165) is 0 Å². The fourth-order valence-electron chi connectivity index (χ4n) is 1.41. The topological polar surface area (TPSA) is 95.2 Å². The van der Waals surface area contributed by atoms with E-state index in [2.05, 4.69) is 20.3 Å². The van der Waals surface area contributed by atoms with Crippen molar-refractivity contribution in [2.75, 3.05) is 25.3 Å². The van der Waals surface area contributed by atoms with E-state index >= 15 is 0 Å².